The van der Waals surface area contributed by atoms with Crippen molar-refractivity contribution < 1.29 is 6.85 Å². The van der Waals surface area contributed by atoms with E-state index < -0.39 is 6.04 Å². The second kappa shape index (κ2) is 11.2. The molecule has 0 fully saturated rings. The number of thiophene rings is 2. The maximum absolute atomic E-state index is 8.89. The summed E-state index contributed by atoms with van der Waals surface area (Å²) in [4.78, 5) is 15.5. The molecule has 6 heteroatoms. The predicted octanol–water partition coefficient (Wildman–Crippen LogP) is 12.7. The quantitative estimate of drug-likeness (QED) is 0.184. The summed E-state index contributed by atoms with van der Waals surface area (Å²) in [6.45, 7) is 0. The van der Waals surface area contributed by atoms with Crippen molar-refractivity contribution in [1.82, 2.24) is 19.5 Å². The molecule has 0 unspecified atom stereocenters. The van der Waals surface area contributed by atoms with Crippen molar-refractivity contribution in [3.8, 4) is 39.9 Å². The number of hydrogen-bond acceptors (Lipinski definition) is 5. The van der Waals surface area contributed by atoms with Crippen LogP contribution in [0.4, 0.5) is 0 Å². The van der Waals surface area contributed by atoms with Gasteiger partial charge in [0, 0.05) is 73.5 Å². The molecule has 0 aliphatic heterocycles. The molecule has 0 aliphatic carbocycles. The van der Waals surface area contributed by atoms with Crippen LogP contribution >= 0.6 is 22.7 Å². The van der Waals surface area contributed by atoms with Gasteiger partial charge in [0.15, 0.2) is 17.5 Å². The zero-order chi connectivity index (χ0) is 37.8. The molecule has 11 rings (SSSR count). The lowest BCUT2D eigenvalue weighted by Gasteiger charge is -2.11. The van der Waals surface area contributed by atoms with E-state index >= 15 is 0 Å². The molecule has 0 aliphatic rings. The third-order valence-corrected chi connectivity index (χ3v) is 11.8. The smallest absolute Gasteiger partial charge is 0.164 e. The highest BCUT2D eigenvalue weighted by molar-refractivity contribution is 7.26. The Hall–Kier alpha value is -6.21. The number of para-hydroxylation sites is 2. The number of aromatic nitrogens is 4. The molecule has 4 aromatic heterocycles. The number of rotatable bonds is 4. The van der Waals surface area contributed by atoms with Crippen molar-refractivity contribution >= 4 is 84.8 Å². The number of nitrogens with zero attached hydrogens (tertiary/aromatic N) is 4. The molecule has 4 nitrogen and oxygen atoms in total. The summed E-state index contributed by atoms with van der Waals surface area (Å²) < 4.78 is 49.5. The summed E-state index contributed by atoms with van der Waals surface area (Å²) in [5, 5.41) is 6.37. The Morgan fingerprint density at radius 2 is 1.04 bits per heavy atom. The summed E-state index contributed by atoms with van der Waals surface area (Å²) >= 11 is 3.50. The Kier molecular flexibility index (Phi) is 5.25. The van der Waals surface area contributed by atoms with Crippen LogP contribution in [0.2, 0.25) is 0 Å². The third-order valence-electron chi connectivity index (χ3n) is 9.56. The fraction of sp³-hybridized carbons (Fsp3) is 0. The lowest BCUT2D eigenvalue weighted by molar-refractivity contribution is 1.08. The van der Waals surface area contributed by atoms with E-state index in [1.54, 1.807) is 27.2 Å². The van der Waals surface area contributed by atoms with Crippen LogP contribution in [-0.2, 0) is 0 Å². The van der Waals surface area contributed by atoms with E-state index in [1.165, 1.54) is 30.3 Å². The lowest BCUT2D eigenvalue weighted by Crippen LogP contribution is -2.00. The number of benzene rings is 7. The Morgan fingerprint density at radius 3 is 1.84 bits per heavy atom. The van der Waals surface area contributed by atoms with Crippen molar-refractivity contribution in [2.45, 2.75) is 0 Å². The molecule has 238 valence electrons. The monoisotopic (exact) mass is 691 g/mol. The van der Waals surface area contributed by atoms with Gasteiger partial charge in [0.2, 0.25) is 0 Å². The van der Waals surface area contributed by atoms with Crippen LogP contribution in [0.3, 0.4) is 0 Å². The van der Waals surface area contributed by atoms with E-state index in [9.17, 15) is 0 Å². The van der Waals surface area contributed by atoms with Crippen LogP contribution in [0.5, 0.6) is 0 Å². The summed E-state index contributed by atoms with van der Waals surface area (Å²) in [7, 11) is 0. The second-order valence-electron chi connectivity index (χ2n) is 12.5. The van der Waals surface area contributed by atoms with Crippen molar-refractivity contribution in [2.24, 2.45) is 0 Å². The number of fused-ring (bicyclic) bond motifs is 9. The molecule has 0 atom stereocenters. The molecule has 0 N–H and O–H groups in total. The van der Waals surface area contributed by atoms with Crippen LogP contribution in [0.1, 0.15) is 6.85 Å². The summed E-state index contributed by atoms with van der Waals surface area (Å²) in [6, 6.07) is 41.3. The summed E-state index contributed by atoms with van der Waals surface area (Å²) in [5.74, 6) is 1.53. The molecule has 4 heterocycles. The van der Waals surface area contributed by atoms with Crippen LogP contribution < -0.4 is 0 Å². The largest absolute Gasteiger partial charge is 0.309 e. The van der Waals surface area contributed by atoms with Crippen LogP contribution in [-0.4, -0.2) is 19.5 Å². The van der Waals surface area contributed by atoms with Crippen LogP contribution in [0.15, 0.2) is 158 Å². The average Bonchev–Trinajstić information content (AvgIpc) is 3.91. The van der Waals surface area contributed by atoms with Crippen LogP contribution in [0.25, 0.3) is 102 Å². The van der Waals surface area contributed by atoms with Crippen molar-refractivity contribution in [3.05, 3.63) is 158 Å². The Morgan fingerprint density at radius 1 is 0.451 bits per heavy atom. The van der Waals surface area contributed by atoms with E-state index in [1.807, 2.05) is 42.5 Å². The topological polar surface area (TPSA) is 43.6 Å². The van der Waals surface area contributed by atoms with Crippen molar-refractivity contribution in [1.29, 1.82) is 0 Å². The van der Waals surface area contributed by atoms with Gasteiger partial charge >= 0.3 is 0 Å². The Bertz CT molecular complexity index is 3430. The van der Waals surface area contributed by atoms with Gasteiger partial charge in [0.05, 0.1) is 17.9 Å². The Labute approximate surface area is 307 Å². The van der Waals surface area contributed by atoms with E-state index in [0.717, 1.165) is 37.5 Å². The zero-order valence-corrected chi connectivity index (χ0v) is 28.4. The van der Waals surface area contributed by atoms with Gasteiger partial charge in [-0.25, -0.2) is 15.0 Å². The average molecular weight is 692 g/mol. The second-order valence-corrected chi connectivity index (χ2v) is 14.6. The maximum atomic E-state index is 8.89. The molecular formula is C45H26N4S2. The highest BCUT2D eigenvalue weighted by Crippen LogP contribution is 2.41. The maximum Gasteiger partial charge on any atom is 0.164 e. The van der Waals surface area contributed by atoms with Gasteiger partial charge in [-0.05, 0) is 60.6 Å². The fourth-order valence-electron chi connectivity index (χ4n) is 7.29. The van der Waals surface area contributed by atoms with Gasteiger partial charge in [-0.1, -0.05) is 97.0 Å². The molecule has 51 heavy (non-hydrogen) atoms. The third kappa shape index (κ3) is 4.47. The molecule has 0 amide bonds. The molecular weight excluding hydrogens is 661 g/mol. The molecule has 11 aromatic rings. The molecule has 7 aromatic carbocycles. The SMILES string of the molecule is [2H]c1c([2H])c([2H])c(-n2c3ccccc3c3c(-c4nc(-c5ccc6c(c5)sc5ccccc56)nc(-c5ccc6sc7ccccc7c6c5)n4)cccc32)c([2H])c1[2H]. The van der Waals surface area contributed by atoms with E-state index in [2.05, 4.69) is 84.9 Å². The first kappa shape index (κ1) is 24.0. The normalized spacial score (nSPS) is 13.3. The first-order chi connectivity index (χ1) is 27.3. The predicted molar refractivity (Wildman–Crippen MR) is 216 cm³/mol. The minimum Gasteiger partial charge on any atom is -0.309 e. The standard InChI is InChI=1S/C45H26N4S2/c1-2-11-29(12-3-1)49-36-17-7-4-15-33(36)42-34(16-10-18-37(42)49)45-47-43(27-22-24-40-35(25-27)31-14-6-9-20-39(31)50-40)46-44(48-45)28-21-23-32-30-13-5-8-19-38(30)51-41(32)26-28/h1-26H/i1D,2D,3D,11D,12D. The molecule has 0 radical (unpaired) electrons. The number of hydrogen-bond donors (Lipinski definition) is 0. The first-order valence-corrected chi connectivity index (χ1v) is 18.2. The lowest BCUT2D eigenvalue weighted by atomic mass is 10.0. The first-order valence-electron chi connectivity index (χ1n) is 19.0. The van der Waals surface area contributed by atoms with Gasteiger partial charge in [-0.2, -0.15) is 0 Å². The van der Waals surface area contributed by atoms with E-state index in [0.29, 0.717) is 28.5 Å². The molecule has 0 bridgehead atoms. The van der Waals surface area contributed by atoms with Gasteiger partial charge in [0.25, 0.3) is 0 Å². The molecule has 0 saturated carbocycles. The fourth-order valence-corrected chi connectivity index (χ4v) is 9.52. The molecule has 0 spiro atoms. The minimum absolute atomic E-state index is 0.0873. The summed E-state index contributed by atoms with van der Waals surface area (Å²) in [5.41, 5.74) is 3.92. The minimum atomic E-state index is -0.432. The van der Waals surface area contributed by atoms with E-state index in [-0.39, 0.29) is 29.9 Å². The molecule has 0 saturated heterocycles. The highest BCUT2D eigenvalue weighted by atomic mass is 32.1. The highest BCUT2D eigenvalue weighted by Gasteiger charge is 2.20. The van der Waals surface area contributed by atoms with Gasteiger partial charge in [-0.15, -0.1) is 22.7 Å². The van der Waals surface area contributed by atoms with Crippen molar-refractivity contribution in [2.75, 3.05) is 0 Å². The van der Waals surface area contributed by atoms with Gasteiger partial charge < -0.3 is 4.57 Å². The van der Waals surface area contributed by atoms with E-state index in [4.69, 9.17) is 21.8 Å². The summed E-state index contributed by atoms with van der Waals surface area (Å²) in [6.07, 6.45) is 0. The zero-order valence-electron chi connectivity index (χ0n) is 31.7. The van der Waals surface area contributed by atoms with Gasteiger partial charge in [-0.3, -0.25) is 0 Å². The van der Waals surface area contributed by atoms with Crippen LogP contribution in [0, 0.1) is 0 Å². The Balaban J connectivity index is 1.19. The van der Waals surface area contributed by atoms with Crippen molar-refractivity contribution in [3.63, 3.8) is 0 Å². The van der Waals surface area contributed by atoms with Gasteiger partial charge in [0.1, 0.15) is 0 Å².